The molecule has 0 saturated heterocycles. The number of aliphatic hydroxyl groups excluding tert-OH is 1. The summed E-state index contributed by atoms with van der Waals surface area (Å²) in [6.07, 6.45) is 0.511. The van der Waals surface area contributed by atoms with Crippen molar-refractivity contribution in [3.63, 3.8) is 0 Å². The number of hydrogen-bond acceptors (Lipinski definition) is 1. The lowest BCUT2D eigenvalue weighted by molar-refractivity contribution is 0.167. The molecule has 0 aliphatic heterocycles. The van der Waals surface area contributed by atoms with Gasteiger partial charge in [-0.05, 0) is 49.1 Å². The molecule has 19 heavy (non-hydrogen) atoms. The van der Waals surface area contributed by atoms with E-state index in [9.17, 15) is 9.50 Å². The van der Waals surface area contributed by atoms with E-state index in [-0.39, 0.29) is 5.82 Å². The van der Waals surface area contributed by atoms with E-state index in [1.54, 1.807) is 0 Å². The molecule has 0 aromatic heterocycles. The first-order valence-corrected chi connectivity index (χ1v) is 6.63. The van der Waals surface area contributed by atoms with Crippen LogP contribution in [-0.2, 0) is 6.42 Å². The first-order chi connectivity index (χ1) is 9.08. The number of halogens is 2. The third-order valence-corrected chi connectivity index (χ3v) is 3.61. The topological polar surface area (TPSA) is 20.2 Å². The first-order valence-electron chi connectivity index (χ1n) is 6.25. The number of aryl methyl sites for hydroxylation is 2. The maximum atomic E-state index is 13.2. The van der Waals surface area contributed by atoms with Crippen LogP contribution >= 0.6 is 11.6 Å². The third kappa shape index (κ3) is 3.55. The molecule has 0 saturated carbocycles. The molecule has 2 aromatic carbocycles. The second kappa shape index (κ2) is 6.18. The van der Waals surface area contributed by atoms with Crippen molar-refractivity contribution < 1.29 is 9.50 Å². The van der Waals surface area contributed by atoms with E-state index in [1.807, 2.05) is 31.2 Å². The molecule has 100 valence electrons. The number of rotatable bonds is 4. The van der Waals surface area contributed by atoms with Gasteiger partial charge >= 0.3 is 0 Å². The average Bonchev–Trinajstić information content (AvgIpc) is 2.40. The van der Waals surface area contributed by atoms with E-state index in [4.69, 9.17) is 11.6 Å². The van der Waals surface area contributed by atoms with E-state index in [2.05, 4.69) is 0 Å². The molecule has 1 atom stereocenters. The van der Waals surface area contributed by atoms with Gasteiger partial charge in [-0.1, -0.05) is 35.9 Å². The van der Waals surface area contributed by atoms with Gasteiger partial charge < -0.3 is 5.11 Å². The van der Waals surface area contributed by atoms with Crippen molar-refractivity contribution in [1.82, 2.24) is 0 Å². The summed E-state index contributed by atoms with van der Waals surface area (Å²) >= 11 is 5.98. The number of hydrogen-bond donors (Lipinski definition) is 1. The summed E-state index contributed by atoms with van der Waals surface area (Å²) in [5, 5.41) is 10.5. The minimum Gasteiger partial charge on any atom is -0.388 e. The molecule has 0 aliphatic rings. The van der Waals surface area contributed by atoms with Crippen LogP contribution in [0.25, 0.3) is 0 Å². The van der Waals surface area contributed by atoms with E-state index in [0.29, 0.717) is 17.0 Å². The third-order valence-electron chi connectivity index (χ3n) is 3.27. The molecular formula is C16H16ClFO. The molecule has 0 aliphatic carbocycles. The summed E-state index contributed by atoms with van der Waals surface area (Å²) < 4.78 is 13.2. The lowest BCUT2D eigenvalue weighted by Gasteiger charge is -2.13. The Morgan fingerprint density at radius 1 is 1.21 bits per heavy atom. The largest absolute Gasteiger partial charge is 0.388 e. The quantitative estimate of drug-likeness (QED) is 0.876. The van der Waals surface area contributed by atoms with Crippen LogP contribution in [0.3, 0.4) is 0 Å². The summed E-state index contributed by atoms with van der Waals surface area (Å²) in [4.78, 5) is 0. The van der Waals surface area contributed by atoms with Gasteiger partial charge in [-0.2, -0.15) is 0 Å². The van der Waals surface area contributed by atoms with Gasteiger partial charge in [-0.15, -0.1) is 0 Å². The van der Waals surface area contributed by atoms with Crippen molar-refractivity contribution in [2.45, 2.75) is 25.9 Å². The second-order valence-corrected chi connectivity index (χ2v) is 5.05. The maximum Gasteiger partial charge on any atom is 0.123 e. The lowest BCUT2D eigenvalue weighted by atomic mass is 9.98. The van der Waals surface area contributed by atoms with Gasteiger partial charge in [0.05, 0.1) is 6.10 Å². The SMILES string of the molecule is Cc1ccccc1CCC(O)c1cc(F)ccc1Cl. The van der Waals surface area contributed by atoms with E-state index >= 15 is 0 Å². The highest BCUT2D eigenvalue weighted by Crippen LogP contribution is 2.27. The Morgan fingerprint density at radius 2 is 1.95 bits per heavy atom. The smallest absolute Gasteiger partial charge is 0.123 e. The van der Waals surface area contributed by atoms with Crippen LogP contribution in [0.15, 0.2) is 42.5 Å². The highest BCUT2D eigenvalue weighted by Gasteiger charge is 2.13. The van der Waals surface area contributed by atoms with Crippen LogP contribution in [0.2, 0.25) is 5.02 Å². The monoisotopic (exact) mass is 278 g/mol. The fourth-order valence-electron chi connectivity index (χ4n) is 2.11. The van der Waals surface area contributed by atoms with Gasteiger partial charge in [0.2, 0.25) is 0 Å². The standard InChI is InChI=1S/C16H16ClFO/c1-11-4-2-3-5-12(11)6-9-16(19)14-10-13(18)7-8-15(14)17/h2-5,7-8,10,16,19H,6,9H2,1H3. The van der Waals surface area contributed by atoms with Gasteiger partial charge in [0.15, 0.2) is 0 Å². The van der Waals surface area contributed by atoms with Crippen LogP contribution < -0.4 is 0 Å². The van der Waals surface area contributed by atoms with Crippen LogP contribution in [-0.4, -0.2) is 5.11 Å². The van der Waals surface area contributed by atoms with Crippen molar-refractivity contribution in [3.05, 3.63) is 70.0 Å². The van der Waals surface area contributed by atoms with Crippen molar-refractivity contribution >= 4 is 11.6 Å². The summed E-state index contributed by atoms with van der Waals surface area (Å²) in [6, 6.07) is 12.1. The highest BCUT2D eigenvalue weighted by atomic mass is 35.5. The van der Waals surface area contributed by atoms with Gasteiger partial charge in [-0.3, -0.25) is 0 Å². The fraction of sp³-hybridized carbons (Fsp3) is 0.250. The van der Waals surface area contributed by atoms with Crippen LogP contribution in [0.1, 0.15) is 29.2 Å². The van der Waals surface area contributed by atoms with E-state index < -0.39 is 6.10 Å². The molecule has 3 heteroatoms. The lowest BCUT2D eigenvalue weighted by Crippen LogP contribution is -2.02. The molecule has 2 aromatic rings. The van der Waals surface area contributed by atoms with Crippen molar-refractivity contribution in [1.29, 1.82) is 0 Å². The summed E-state index contributed by atoms with van der Waals surface area (Å²) in [5.41, 5.74) is 2.84. The van der Waals surface area contributed by atoms with Gasteiger partial charge in [0.1, 0.15) is 5.82 Å². The van der Waals surface area contributed by atoms with Gasteiger partial charge in [0, 0.05) is 10.6 Å². The summed E-state index contributed by atoms with van der Waals surface area (Å²) in [5.74, 6) is -0.380. The molecule has 0 radical (unpaired) electrons. The zero-order valence-corrected chi connectivity index (χ0v) is 11.5. The summed E-state index contributed by atoms with van der Waals surface area (Å²) in [6.45, 7) is 2.04. The molecule has 1 nitrogen and oxygen atoms in total. The number of aliphatic hydroxyl groups is 1. The number of benzene rings is 2. The van der Waals surface area contributed by atoms with Crippen LogP contribution in [0, 0.1) is 12.7 Å². The Labute approximate surface area is 117 Å². The first kappa shape index (κ1) is 14.0. The Hall–Kier alpha value is -1.38. The Kier molecular flexibility index (Phi) is 4.56. The minimum atomic E-state index is -0.747. The van der Waals surface area contributed by atoms with Crippen LogP contribution in [0.5, 0.6) is 0 Å². The molecule has 0 bridgehead atoms. The molecule has 0 fully saturated rings. The molecule has 0 spiro atoms. The van der Waals surface area contributed by atoms with E-state index in [1.165, 1.54) is 29.3 Å². The predicted molar refractivity (Wildman–Crippen MR) is 75.9 cm³/mol. The highest BCUT2D eigenvalue weighted by molar-refractivity contribution is 6.31. The zero-order chi connectivity index (χ0) is 13.8. The normalized spacial score (nSPS) is 12.4. The Morgan fingerprint density at radius 3 is 2.68 bits per heavy atom. The maximum absolute atomic E-state index is 13.2. The Balaban J connectivity index is 2.07. The van der Waals surface area contributed by atoms with Gasteiger partial charge in [0.25, 0.3) is 0 Å². The minimum absolute atomic E-state index is 0.380. The molecule has 1 N–H and O–H groups in total. The fourth-order valence-corrected chi connectivity index (χ4v) is 2.35. The van der Waals surface area contributed by atoms with E-state index in [0.717, 1.165) is 6.42 Å². The van der Waals surface area contributed by atoms with Crippen molar-refractivity contribution in [3.8, 4) is 0 Å². The molecule has 0 heterocycles. The second-order valence-electron chi connectivity index (χ2n) is 4.65. The molecule has 0 amide bonds. The summed E-state index contributed by atoms with van der Waals surface area (Å²) in [7, 11) is 0. The predicted octanol–water partition coefficient (Wildman–Crippen LogP) is 4.45. The van der Waals surface area contributed by atoms with Crippen LogP contribution in [0.4, 0.5) is 4.39 Å². The molecule has 1 unspecified atom stereocenters. The van der Waals surface area contributed by atoms with Gasteiger partial charge in [-0.25, -0.2) is 4.39 Å². The van der Waals surface area contributed by atoms with Crippen molar-refractivity contribution in [2.75, 3.05) is 0 Å². The molecular weight excluding hydrogens is 263 g/mol. The Bertz CT molecular complexity index is 568. The average molecular weight is 279 g/mol. The molecule has 2 rings (SSSR count). The zero-order valence-electron chi connectivity index (χ0n) is 10.7. The van der Waals surface area contributed by atoms with Crippen molar-refractivity contribution in [2.24, 2.45) is 0 Å².